The fraction of sp³-hybridized carbons (Fsp3) is 0.625. The lowest BCUT2D eigenvalue weighted by Crippen LogP contribution is -2.41. The molecule has 2 nitrogen and oxygen atoms in total. The molecule has 2 heteroatoms. The molecule has 100 valence electrons. The van der Waals surface area contributed by atoms with Gasteiger partial charge in [-0.2, -0.15) is 0 Å². The lowest BCUT2D eigenvalue weighted by Gasteiger charge is -2.31. The van der Waals surface area contributed by atoms with E-state index in [0.717, 1.165) is 12.8 Å². The molecule has 2 rings (SSSR count). The average molecular weight is 247 g/mol. The van der Waals surface area contributed by atoms with Crippen LogP contribution in [0.4, 0.5) is 0 Å². The number of benzene rings is 1. The Labute approximate surface area is 110 Å². The van der Waals surface area contributed by atoms with Gasteiger partial charge in [-0.15, -0.1) is 0 Å². The van der Waals surface area contributed by atoms with Crippen LogP contribution in [0.5, 0.6) is 0 Å². The first-order valence-electron chi connectivity index (χ1n) is 7.22. The number of fused-ring (bicyclic) bond motifs is 1. The van der Waals surface area contributed by atoms with Crippen LogP contribution in [0.15, 0.2) is 24.3 Å². The predicted octanol–water partition coefficient (Wildman–Crippen LogP) is 3.20. The third kappa shape index (κ3) is 2.93. The monoisotopic (exact) mass is 247 g/mol. The molecule has 1 aromatic carbocycles. The Hall–Kier alpha value is -0.860. The third-order valence-corrected chi connectivity index (χ3v) is 4.36. The zero-order valence-electron chi connectivity index (χ0n) is 11.6. The largest absolute Gasteiger partial charge is 0.389 e. The van der Waals surface area contributed by atoms with Crippen LogP contribution < -0.4 is 5.32 Å². The lowest BCUT2D eigenvalue weighted by atomic mass is 9.87. The zero-order valence-corrected chi connectivity index (χ0v) is 11.6. The summed E-state index contributed by atoms with van der Waals surface area (Å²) >= 11 is 0. The van der Waals surface area contributed by atoms with E-state index in [1.165, 1.54) is 30.4 Å². The Balaban J connectivity index is 2.03. The number of aryl methyl sites for hydroxylation is 1. The van der Waals surface area contributed by atoms with Crippen molar-refractivity contribution in [2.24, 2.45) is 0 Å². The summed E-state index contributed by atoms with van der Waals surface area (Å²) in [5.74, 6) is 0. The Morgan fingerprint density at radius 1 is 1.28 bits per heavy atom. The van der Waals surface area contributed by atoms with Crippen LogP contribution in [0.3, 0.4) is 0 Å². The lowest BCUT2D eigenvalue weighted by molar-refractivity contribution is 0.0293. The molecule has 0 saturated carbocycles. The predicted molar refractivity (Wildman–Crippen MR) is 75.7 cm³/mol. The normalized spacial score (nSPS) is 19.6. The first kappa shape index (κ1) is 13.6. The average Bonchev–Trinajstić information content (AvgIpc) is 2.44. The third-order valence-electron chi connectivity index (χ3n) is 4.36. The fourth-order valence-electron chi connectivity index (χ4n) is 2.78. The molecule has 2 N–H and O–H groups in total. The molecule has 1 aliphatic carbocycles. The topological polar surface area (TPSA) is 32.3 Å². The van der Waals surface area contributed by atoms with Crippen molar-refractivity contribution in [1.29, 1.82) is 0 Å². The van der Waals surface area contributed by atoms with Gasteiger partial charge in [0, 0.05) is 12.6 Å². The number of hydrogen-bond donors (Lipinski definition) is 2. The van der Waals surface area contributed by atoms with Crippen LogP contribution in [0.2, 0.25) is 0 Å². The second kappa shape index (κ2) is 5.85. The van der Waals surface area contributed by atoms with Crippen molar-refractivity contribution in [3.63, 3.8) is 0 Å². The highest BCUT2D eigenvalue weighted by Crippen LogP contribution is 2.30. The van der Waals surface area contributed by atoms with Gasteiger partial charge in [0.05, 0.1) is 5.60 Å². The summed E-state index contributed by atoms with van der Waals surface area (Å²) in [5.41, 5.74) is 2.35. The fourth-order valence-corrected chi connectivity index (χ4v) is 2.78. The van der Waals surface area contributed by atoms with Crippen LogP contribution in [0, 0.1) is 0 Å². The van der Waals surface area contributed by atoms with Crippen molar-refractivity contribution in [2.45, 2.75) is 57.6 Å². The highest BCUT2D eigenvalue weighted by molar-refractivity contribution is 5.32. The van der Waals surface area contributed by atoms with E-state index in [-0.39, 0.29) is 0 Å². The molecule has 0 heterocycles. The Morgan fingerprint density at radius 3 is 2.72 bits per heavy atom. The van der Waals surface area contributed by atoms with Crippen molar-refractivity contribution in [2.75, 3.05) is 6.54 Å². The molecule has 1 unspecified atom stereocenters. The molecule has 1 aliphatic rings. The molecular weight excluding hydrogens is 222 g/mol. The Bertz CT molecular complexity index is 384. The van der Waals surface area contributed by atoms with Crippen molar-refractivity contribution < 1.29 is 5.11 Å². The first-order valence-corrected chi connectivity index (χ1v) is 7.22. The van der Waals surface area contributed by atoms with Gasteiger partial charge >= 0.3 is 0 Å². The van der Waals surface area contributed by atoms with Gasteiger partial charge in [0.1, 0.15) is 0 Å². The molecule has 1 atom stereocenters. The maximum absolute atomic E-state index is 10.3. The van der Waals surface area contributed by atoms with Crippen molar-refractivity contribution in [3.8, 4) is 0 Å². The molecule has 1 aromatic rings. The van der Waals surface area contributed by atoms with Gasteiger partial charge in [-0.3, -0.25) is 0 Å². The zero-order chi connectivity index (χ0) is 13.0. The Kier molecular flexibility index (Phi) is 4.41. The minimum Gasteiger partial charge on any atom is -0.389 e. The van der Waals surface area contributed by atoms with E-state index in [9.17, 15) is 5.11 Å². The van der Waals surface area contributed by atoms with E-state index in [0.29, 0.717) is 12.6 Å². The van der Waals surface area contributed by atoms with Crippen molar-refractivity contribution >= 4 is 0 Å². The number of aliphatic hydroxyl groups is 1. The maximum atomic E-state index is 10.3. The summed E-state index contributed by atoms with van der Waals surface area (Å²) in [4.78, 5) is 0. The molecule has 0 bridgehead atoms. The van der Waals surface area contributed by atoms with Gasteiger partial charge in [-0.25, -0.2) is 0 Å². The van der Waals surface area contributed by atoms with Crippen LogP contribution in [-0.4, -0.2) is 17.3 Å². The van der Waals surface area contributed by atoms with E-state index in [1.807, 2.05) is 0 Å². The minimum absolute atomic E-state index is 0.416. The molecule has 0 saturated heterocycles. The van der Waals surface area contributed by atoms with Crippen LogP contribution in [-0.2, 0) is 6.42 Å². The summed E-state index contributed by atoms with van der Waals surface area (Å²) in [6.45, 7) is 4.80. The molecule has 0 aromatic heterocycles. The maximum Gasteiger partial charge on any atom is 0.0766 e. The molecule has 0 fully saturated rings. The summed E-state index contributed by atoms with van der Waals surface area (Å²) in [6.07, 6.45) is 5.24. The van der Waals surface area contributed by atoms with Gasteiger partial charge < -0.3 is 10.4 Å². The first-order chi connectivity index (χ1) is 8.68. The summed E-state index contributed by atoms with van der Waals surface area (Å²) < 4.78 is 0. The summed E-state index contributed by atoms with van der Waals surface area (Å²) in [6, 6.07) is 9.11. The van der Waals surface area contributed by atoms with Crippen molar-refractivity contribution in [3.05, 3.63) is 35.4 Å². The highest BCUT2D eigenvalue weighted by Gasteiger charge is 2.25. The molecule has 0 spiro atoms. The molecular formula is C16H25NO. The van der Waals surface area contributed by atoms with E-state index < -0.39 is 5.60 Å². The second-order valence-corrected chi connectivity index (χ2v) is 5.46. The smallest absolute Gasteiger partial charge is 0.0766 e. The van der Waals surface area contributed by atoms with Crippen LogP contribution in [0.25, 0.3) is 0 Å². The van der Waals surface area contributed by atoms with Crippen molar-refractivity contribution in [1.82, 2.24) is 5.32 Å². The van der Waals surface area contributed by atoms with Gasteiger partial charge in [-0.05, 0) is 43.2 Å². The summed E-state index contributed by atoms with van der Waals surface area (Å²) in [5, 5.41) is 13.9. The van der Waals surface area contributed by atoms with Crippen LogP contribution in [0.1, 0.15) is 56.7 Å². The van der Waals surface area contributed by atoms with Gasteiger partial charge in [-0.1, -0.05) is 38.1 Å². The Morgan fingerprint density at radius 2 is 2.00 bits per heavy atom. The molecule has 0 aliphatic heterocycles. The van der Waals surface area contributed by atoms with E-state index in [1.54, 1.807) is 0 Å². The molecule has 0 radical (unpaired) electrons. The SMILES string of the molecule is CCC(O)(CC)CNC1CCCc2ccccc21. The van der Waals surface area contributed by atoms with Crippen LogP contribution >= 0.6 is 0 Å². The van der Waals surface area contributed by atoms with Gasteiger partial charge in [0.15, 0.2) is 0 Å². The molecule has 0 amide bonds. The number of nitrogens with one attached hydrogen (secondary N) is 1. The number of hydrogen-bond acceptors (Lipinski definition) is 2. The summed E-state index contributed by atoms with van der Waals surface area (Å²) in [7, 11) is 0. The standard InChI is InChI=1S/C16H25NO/c1-3-16(18,4-2)12-17-15-11-7-9-13-8-5-6-10-14(13)15/h5-6,8,10,15,17-18H,3-4,7,9,11-12H2,1-2H3. The number of rotatable bonds is 5. The highest BCUT2D eigenvalue weighted by atomic mass is 16.3. The van der Waals surface area contributed by atoms with Gasteiger partial charge in [0.2, 0.25) is 0 Å². The van der Waals surface area contributed by atoms with Gasteiger partial charge in [0.25, 0.3) is 0 Å². The second-order valence-electron chi connectivity index (χ2n) is 5.46. The minimum atomic E-state index is -0.549. The van der Waals surface area contributed by atoms with E-state index >= 15 is 0 Å². The van der Waals surface area contributed by atoms with E-state index in [2.05, 4.69) is 43.4 Å². The molecule has 18 heavy (non-hydrogen) atoms. The quantitative estimate of drug-likeness (QED) is 0.837. The van der Waals surface area contributed by atoms with E-state index in [4.69, 9.17) is 0 Å².